The monoisotopic (exact) mass is 422 g/mol. The molecule has 1 fully saturated rings. The molecule has 3 heterocycles. The summed E-state index contributed by atoms with van der Waals surface area (Å²) in [5.41, 5.74) is 0.944. The first-order chi connectivity index (χ1) is 13.8. The number of benzene rings is 1. The standard InChI is InChI=1S/C18H19FN4O5S/c1-3-13-16(19)17(21-10-20-13)27-11-6-7-23(9-11)29(25,26)12-4-5-15-14(8-12)22(2)18(24)28-15/h4-5,8,10-11H,3,6-7,9H2,1-2H3/t11-/m0/s1. The van der Waals surface area contributed by atoms with E-state index in [4.69, 9.17) is 9.15 Å². The van der Waals surface area contributed by atoms with Crippen molar-refractivity contribution in [3.05, 3.63) is 46.6 Å². The molecule has 0 aliphatic carbocycles. The zero-order chi connectivity index (χ0) is 20.8. The number of aryl methyl sites for hydroxylation is 2. The lowest BCUT2D eigenvalue weighted by Gasteiger charge is -2.17. The number of halogens is 1. The Morgan fingerprint density at radius 1 is 1.34 bits per heavy atom. The van der Waals surface area contributed by atoms with Gasteiger partial charge in [0.15, 0.2) is 5.58 Å². The first kappa shape index (κ1) is 19.5. The third-order valence-corrected chi connectivity index (χ3v) is 6.81. The van der Waals surface area contributed by atoms with Gasteiger partial charge in [-0.3, -0.25) is 4.57 Å². The minimum absolute atomic E-state index is 0.0449. The normalized spacial score (nSPS) is 17.8. The fraction of sp³-hybridized carbons (Fsp3) is 0.389. The first-order valence-electron chi connectivity index (χ1n) is 9.07. The van der Waals surface area contributed by atoms with Gasteiger partial charge in [0.1, 0.15) is 12.4 Å². The molecule has 1 aliphatic rings. The van der Waals surface area contributed by atoms with Gasteiger partial charge < -0.3 is 9.15 Å². The molecular weight excluding hydrogens is 403 g/mol. The van der Waals surface area contributed by atoms with Crippen LogP contribution in [0.4, 0.5) is 4.39 Å². The fourth-order valence-corrected chi connectivity index (χ4v) is 4.81. The molecule has 0 saturated carbocycles. The van der Waals surface area contributed by atoms with Crippen LogP contribution in [-0.2, 0) is 23.5 Å². The fourth-order valence-electron chi connectivity index (χ4n) is 3.30. The van der Waals surface area contributed by atoms with Crippen LogP contribution >= 0.6 is 0 Å². The molecule has 29 heavy (non-hydrogen) atoms. The zero-order valence-electron chi connectivity index (χ0n) is 15.8. The lowest BCUT2D eigenvalue weighted by atomic mass is 10.3. The highest BCUT2D eigenvalue weighted by Gasteiger charge is 2.34. The molecular formula is C18H19FN4O5S. The first-order valence-corrected chi connectivity index (χ1v) is 10.5. The quantitative estimate of drug-likeness (QED) is 0.613. The number of hydrogen-bond donors (Lipinski definition) is 0. The second kappa shape index (κ2) is 7.23. The molecule has 9 nitrogen and oxygen atoms in total. The Morgan fingerprint density at radius 3 is 2.90 bits per heavy atom. The van der Waals surface area contributed by atoms with Gasteiger partial charge in [0, 0.05) is 13.6 Å². The lowest BCUT2D eigenvalue weighted by Crippen LogP contribution is -2.31. The summed E-state index contributed by atoms with van der Waals surface area (Å²) in [5.74, 6) is -1.36. The number of fused-ring (bicyclic) bond motifs is 1. The summed E-state index contributed by atoms with van der Waals surface area (Å²) >= 11 is 0. The van der Waals surface area contributed by atoms with Crippen molar-refractivity contribution in [2.75, 3.05) is 13.1 Å². The Balaban J connectivity index is 1.55. The number of sulfonamides is 1. The molecule has 0 radical (unpaired) electrons. The maximum Gasteiger partial charge on any atom is 0.419 e. The SMILES string of the molecule is CCc1ncnc(O[C@H]2CCN(S(=O)(=O)c3ccc4oc(=O)n(C)c4c3)C2)c1F. The Bertz CT molecular complexity index is 1240. The van der Waals surface area contributed by atoms with Crippen molar-refractivity contribution in [1.29, 1.82) is 0 Å². The van der Waals surface area contributed by atoms with Crippen LogP contribution in [0, 0.1) is 5.82 Å². The third kappa shape index (κ3) is 3.40. The van der Waals surface area contributed by atoms with E-state index in [0.29, 0.717) is 23.9 Å². The van der Waals surface area contributed by atoms with Crippen molar-refractivity contribution in [3.8, 4) is 5.88 Å². The molecule has 154 valence electrons. The van der Waals surface area contributed by atoms with Gasteiger partial charge in [0.25, 0.3) is 5.88 Å². The van der Waals surface area contributed by atoms with Gasteiger partial charge in [-0.05, 0) is 31.0 Å². The highest BCUT2D eigenvalue weighted by atomic mass is 32.2. The van der Waals surface area contributed by atoms with Gasteiger partial charge in [-0.15, -0.1) is 0 Å². The lowest BCUT2D eigenvalue weighted by molar-refractivity contribution is 0.195. The molecule has 3 aromatic rings. The van der Waals surface area contributed by atoms with Gasteiger partial charge in [0.2, 0.25) is 15.8 Å². The van der Waals surface area contributed by atoms with Gasteiger partial charge in [-0.1, -0.05) is 6.92 Å². The van der Waals surface area contributed by atoms with E-state index < -0.39 is 27.7 Å². The van der Waals surface area contributed by atoms with E-state index in [-0.39, 0.29) is 29.6 Å². The number of rotatable bonds is 5. The van der Waals surface area contributed by atoms with Gasteiger partial charge in [-0.2, -0.15) is 13.7 Å². The predicted octanol–water partition coefficient (Wildman–Crippen LogP) is 1.46. The summed E-state index contributed by atoms with van der Waals surface area (Å²) in [7, 11) is -2.31. The van der Waals surface area contributed by atoms with E-state index in [2.05, 4.69) is 9.97 Å². The molecule has 1 aliphatic heterocycles. The van der Waals surface area contributed by atoms with E-state index in [1.807, 2.05) is 0 Å². The summed E-state index contributed by atoms with van der Waals surface area (Å²) in [5, 5.41) is 0. The average molecular weight is 422 g/mol. The summed E-state index contributed by atoms with van der Waals surface area (Å²) in [6.07, 6.45) is 1.50. The number of nitrogens with zero attached hydrogens (tertiary/aromatic N) is 4. The molecule has 0 unspecified atom stereocenters. The van der Waals surface area contributed by atoms with Crippen LogP contribution in [0.15, 0.2) is 38.6 Å². The van der Waals surface area contributed by atoms with E-state index in [1.165, 1.54) is 40.4 Å². The highest BCUT2D eigenvalue weighted by Crippen LogP contribution is 2.26. The van der Waals surface area contributed by atoms with Crippen LogP contribution in [0.1, 0.15) is 19.0 Å². The smallest absolute Gasteiger partial charge is 0.419 e. The van der Waals surface area contributed by atoms with Crippen molar-refractivity contribution in [1.82, 2.24) is 18.8 Å². The van der Waals surface area contributed by atoms with Gasteiger partial charge in [-0.25, -0.2) is 18.2 Å². The molecule has 0 amide bonds. The predicted molar refractivity (Wildman–Crippen MR) is 101 cm³/mol. The molecule has 0 spiro atoms. The maximum atomic E-state index is 14.3. The van der Waals surface area contributed by atoms with Crippen LogP contribution in [0.5, 0.6) is 5.88 Å². The second-order valence-corrected chi connectivity index (χ2v) is 8.68. The Morgan fingerprint density at radius 2 is 2.14 bits per heavy atom. The largest absolute Gasteiger partial charge is 0.471 e. The van der Waals surface area contributed by atoms with Crippen LogP contribution in [0.25, 0.3) is 11.1 Å². The number of hydrogen-bond acceptors (Lipinski definition) is 7. The van der Waals surface area contributed by atoms with Gasteiger partial charge >= 0.3 is 5.76 Å². The maximum absolute atomic E-state index is 14.3. The van der Waals surface area contributed by atoms with E-state index >= 15 is 0 Å². The molecule has 0 bridgehead atoms. The van der Waals surface area contributed by atoms with E-state index in [1.54, 1.807) is 6.92 Å². The molecule has 4 rings (SSSR count). The van der Waals surface area contributed by atoms with Crippen molar-refractivity contribution in [2.24, 2.45) is 7.05 Å². The van der Waals surface area contributed by atoms with Crippen molar-refractivity contribution in [2.45, 2.75) is 30.8 Å². The molecule has 0 N–H and O–H groups in total. The van der Waals surface area contributed by atoms with Crippen molar-refractivity contribution in [3.63, 3.8) is 0 Å². The highest BCUT2D eigenvalue weighted by molar-refractivity contribution is 7.89. The summed E-state index contributed by atoms with van der Waals surface area (Å²) in [6, 6.07) is 4.25. The van der Waals surface area contributed by atoms with E-state index in [9.17, 15) is 17.6 Å². The Labute approximate surface area is 165 Å². The third-order valence-electron chi connectivity index (χ3n) is 4.95. The van der Waals surface area contributed by atoms with E-state index in [0.717, 1.165) is 0 Å². The average Bonchev–Trinajstić information content (AvgIpc) is 3.28. The van der Waals surface area contributed by atoms with Gasteiger partial charge in [0.05, 0.1) is 22.7 Å². The summed E-state index contributed by atoms with van der Waals surface area (Å²) in [4.78, 5) is 19.3. The molecule has 1 atom stereocenters. The molecule has 2 aromatic heterocycles. The second-order valence-electron chi connectivity index (χ2n) is 6.74. The topological polar surface area (TPSA) is 108 Å². The van der Waals surface area contributed by atoms with Crippen LogP contribution in [0.3, 0.4) is 0 Å². The number of ether oxygens (including phenoxy) is 1. The minimum Gasteiger partial charge on any atom is -0.471 e. The number of oxazole rings is 1. The molecule has 11 heteroatoms. The van der Waals surface area contributed by atoms with Crippen LogP contribution < -0.4 is 10.5 Å². The minimum atomic E-state index is -3.82. The molecule has 1 saturated heterocycles. The summed E-state index contributed by atoms with van der Waals surface area (Å²) < 4.78 is 53.5. The van der Waals surface area contributed by atoms with Crippen molar-refractivity contribution >= 4 is 21.1 Å². The Hall–Kier alpha value is -2.79. The molecule has 1 aromatic carbocycles. The van der Waals surface area contributed by atoms with Crippen molar-refractivity contribution < 1.29 is 22.0 Å². The zero-order valence-corrected chi connectivity index (χ0v) is 16.6. The van der Waals surface area contributed by atoms with Crippen LogP contribution in [-0.4, -0.2) is 46.5 Å². The van der Waals surface area contributed by atoms with Crippen LogP contribution in [0.2, 0.25) is 0 Å². The number of aromatic nitrogens is 3. The Kier molecular flexibility index (Phi) is 4.87. The summed E-state index contributed by atoms with van der Waals surface area (Å²) in [6.45, 7) is 2.06.